The number of hydrogen-bond acceptors (Lipinski definition) is 5. The molecule has 220 valence electrons. The molecule has 0 aliphatic carbocycles. The van der Waals surface area contributed by atoms with Crippen LogP contribution in [0.5, 0.6) is 17.2 Å². The molecule has 0 atom stereocenters. The van der Waals surface area contributed by atoms with E-state index in [4.69, 9.17) is 19.3 Å². The first-order chi connectivity index (χ1) is 20.4. The highest BCUT2D eigenvalue weighted by atomic mass is 16.5. The molecule has 0 radical (unpaired) electrons. The van der Waals surface area contributed by atoms with Crippen molar-refractivity contribution < 1.29 is 34.0 Å². The topological polar surface area (TPSA) is 107 Å². The first kappa shape index (κ1) is 30.2. The lowest BCUT2D eigenvalue weighted by atomic mass is 10.0. The summed E-state index contributed by atoms with van der Waals surface area (Å²) in [6.07, 6.45) is 6.02. The number of fused-ring (bicyclic) bond motifs is 1. The van der Waals surface area contributed by atoms with E-state index in [1.165, 1.54) is 0 Å². The molecule has 8 heteroatoms. The van der Waals surface area contributed by atoms with Gasteiger partial charge in [0.1, 0.15) is 17.2 Å². The van der Waals surface area contributed by atoms with Gasteiger partial charge in [0, 0.05) is 35.1 Å². The van der Waals surface area contributed by atoms with Crippen molar-refractivity contribution in [2.45, 2.75) is 45.6 Å². The number of carboxylic acids is 2. The number of aliphatic carboxylic acids is 2. The molecule has 3 aromatic carbocycles. The minimum Gasteiger partial charge on any atom is -0.496 e. The third-order valence-corrected chi connectivity index (χ3v) is 7.08. The maximum atomic E-state index is 11.8. The van der Waals surface area contributed by atoms with E-state index < -0.39 is 11.9 Å². The SMILES string of the molecule is COc1ccc2c(c1/C=C/c1ccc(OCCCCOc3ccccc3)cc1)c(CC(=O)O)c(C)n2CCCC(=O)O. The van der Waals surface area contributed by atoms with Crippen LogP contribution in [0.15, 0.2) is 66.7 Å². The summed E-state index contributed by atoms with van der Waals surface area (Å²) >= 11 is 0. The molecular weight excluding hydrogens is 534 g/mol. The van der Waals surface area contributed by atoms with Gasteiger partial charge in [-0.2, -0.15) is 0 Å². The molecule has 0 aliphatic heterocycles. The van der Waals surface area contributed by atoms with E-state index in [9.17, 15) is 14.7 Å². The molecule has 4 aromatic rings. The van der Waals surface area contributed by atoms with Gasteiger partial charge in [-0.1, -0.05) is 36.4 Å². The summed E-state index contributed by atoms with van der Waals surface area (Å²) in [5, 5.41) is 19.6. The van der Waals surface area contributed by atoms with Crippen LogP contribution in [0.4, 0.5) is 0 Å². The second kappa shape index (κ2) is 14.8. The van der Waals surface area contributed by atoms with Gasteiger partial charge >= 0.3 is 11.9 Å². The molecule has 42 heavy (non-hydrogen) atoms. The zero-order valence-electron chi connectivity index (χ0n) is 24.0. The standard InChI is InChI=1S/C34H37NO7/c1-24-29(23-33(38)39)34-28(31(40-2)19-18-30(34)35(24)20-8-11-32(36)37)17-14-25-12-15-27(16-13-25)42-22-7-6-21-41-26-9-4-3-5-10-26/h3-5,9-10,12-19H,6-8,11,20-23H2,1-2H3,(H,36,37)(H,38,39)/b17-14+. The fourth-order valence-corrected chi connectivity index (χ4v) is 5.00. The van der Waals surface area contributed by atoms with Crippen molar-refractivity contribution in [3.8, 4) is 17.2 Å². The number of methoxy groups -OCH3 is 1. The molecule has 0 saturated carbocycles. The molecule has 1 heterocycles. The summed E-state index contributed by atoms with van der Waals surface area (Å²) in [5.41, 5.74) is 4.10. The molecule has 0 aliphatic rings. The van der Waals surface area contributed by atoms with Gasteiger partial charge in [0.2, 0.25) is 0 Å². The Bertz CT molecular complexity index is 1520. The number of para-hydroxylation sites is 1. The lowest BCUT2D eigenvalue weighted by Crippen LogP contribution is -2.05. The molecule has 8 nitrogen and oxygen atoms in total. The van der Waals surface area contributed by atoms with Crippen LogP contribution in [-0.4, -0.2) is 47.0 Å². The number of carboxylic acid groups (broad SMARTS) is 2. The Morgan fingerprint density at radius 3 is 2.10 bits per heavy atom. The van der Waals surface area contributed by atoms with Gasteiger partial charge < -0.3 is 29.0 Å². The third kappa shape index (κ3) is 7.94. The van der Waals surface area contributed by atoms with Crippen LogP contribution >= 0.6 is 0 Å². The highest BCUT2D eigenvalue weighted by molar-refractivity contribution is 5.99. The minimum atomic E-state index is -0.931. The second-order valence-corrected chi connectivity index (χ2v) is 9.98. The van der Waals surface area contributed by atoms with E-state index >= 15 is 0 Å². The number of nitrogens with zero attached hydrogens (tertiary/aromatic N) is 1. The summed E-state index contributed by atoms with van der Waals surface area (Å²) in [6, 6.07) is 21.3. The second-order valence-electron chi connectivity index (χ2n) is 9.98. The quantitative estimate of drug-likeness (QED) is 0.112. The van der Waals surface area contributed by atoms with Crippen LogP contribution in [0, 0.1) is 6.92 Å². The first-order valence-corrected chi connectivity index (χ1v) is 14.1. The lowest BCUT2D eigenvalue weighted by Gasteiger charge is -2.10. The van der Waals surface area contributed by atoms with Gasteiger partial charge in [-0.25, -0.2) is 0 Å². The Balaban J connectivity index is 1.46. The van der Waals surface area contributed by atoms with Gasteiger partial charge in [0.25, 0.3) is 0 Å². The van der Waals surface area contributed by atoms with Gasteiger partial charge in [-0.3, -0.25) is 9.59 Å². The van der Waals surface area contributed by atoms with Crippen molar-refractivity contribution >= 4 is 35.0 Å². The molecule has 4 rings (SSSR count). The maximum absolute atomic E-state index is 11.8. The van der Waals surface area contributed by atoms with Crippen LogP contribution < -0.4 is 14.2 Å². The molecule has 0 spiro atoms. The van der Waals surface area contributed by atoms with Crippen LogP contribution in [0.25, 0.3) is 23.1 Å². The van der Waals surface area contributed by atoms with Crippen molar-refractivity contribution in [3.05, 3.63) is 89.1 Å². The van der Waals surface area contributed by atoms with E-state index in [2.05, 4.69) is 0 Å². The summed E-state index contributed by atoms with van der Waals surface area (Å²) in [4.78, 5) is 22.9. The molecule has 0 fully saturated rings. The largest absolute Gasteiger partial charge is 0.496 e. The molecule has 0 amide bonds. The summed E-state index contributed by atoms with van der Waals surface area (Å²) in [5.74, 6) is 0.500. The van der Waals surface area contributed by atoms with Crippen LogP contribution in [0.2, 0.25) is 0 Å². The third-order valence-electron chi connectivity index (χ3n) is 7.08. The Labute approximate surface area is 245 Å². The fraction of sp³-hybridized carbons (Fsp3) is 0.294. The Kier molecular flexibility index (Phi) is 10.6. The smallest absolute Gasteiger partial charge is 0.307 e. The van der Waals surface area contributed by atoms with Gasteiger partial charge in [-0.05, 0) is 79.8 Å². The number of benzene rings is 3. The van der Waals surface area contributed by atoms with Gasteiger partial charge in [0.05, 0.1) is 26.7 Å². The van der Waals surface area contributed by atoms with E-state index in [1.54, 1.807) is 7.11 Å². The van der Waals surface area contributed by atoms with E-state index in [0.29, 0.717) is 37.5 Å². The molecule has 1 aromatic heterocycles. The van der Waals surface area contributed by atoms with Crippen molar-refractivity contribution in [3.63, 3.8) is 0 Å². The molecule has 2 N–H and O–H groups in total. The fourth-order valence-electron chi connectivity index (χ4n) is 5.00. The van der Waals surface area contributed by atoms with Crippen LogP contribution in [0.3, 0.4) is 0 Å². The van der Waals surface area contributed by atoms with Crippen molar-refractivity contribution in [2.75, 3.05) is 20.3 Å². The highest BCUT2D eigenvalue weighted by Crippen LogP contribution is 2.36. The van der Waals surface area contributed by atoms with Gasteiger partial charge in [0.15, 0.2) is 0 Å². The van der Waals surface area contributed by atoms with Gasteiger partial charge in [-0.15, -0.1) is 0 Å². The van der Waals surface area contributed by atoms with E-state index in [0.717, 1.165) is 52.1 Å². The number of aryl methyl sites for hydroxylation is 1. The molecule has 0 saturated heterocycles. The van der Waals surface area contributed by atoms with Crippen molar-refractivity contribution in [1.29, 1.82) is 0 Å². The monoisotopic (exact) mass is 571 g/mol. The number of ether oxygens (including phenoxy) is 3. The maximum Gasteiger partial charge on any atom is 0.307 e. The van der Waals surface area contributed by atoms with Crippen LogP contribution in [0.1, 0.15) is 48.1 Å². The molecule has 0 unspecified atom stereocenters. The summed E-state index contributed by atoms with van der Waals surface area (Å²) in [6.45, 7) is 3.60. The Morgan fingerprint density at radius 1 is 0.810 bits per heavy atom. The Hall–Kier alpha value is -4.72. The Morgan fingerprint density at radius 2 is 1.48 bits per heavy atom. The van der Waals surface area contributed by atoms with Crippen molar-refractivity contribution in [2.24, 2.45) is 0 Å². The zero-order valence-corrected chi connectivity index (χ0v) is 24.0. The summed E-state index contributed by atoms with van der Waals surface area (Å²) < 4.78 is 19.3. The van der Waals surface area contributed by atoms with E-state index in [1.807, 2.05) is 90.4 Å². The first-order valence-electron chi connectivity index (χ1n) is 14.1. The predicted octanol–water partition coefficient (Wildman–Crippen LogP) is 6.86. The zero-order chi connectivity index (χ0) is 29.9. The van der Waals surface area contributed by atoms with E-state index in [-0.39, 0.29) is 12.8 Å². The number of hydrogen-bond donors (Lipinski definition) is 2. The average molecular weight is 572 g/mol. The normalized spacial score (nSPS) is 11.2. The summed E-state index contributed by atoms with van der Waals surface area (Å²) in [7, 11) is 1.59. The van der Waals surface area contributed by atoms with Crippen LogP contribution in [-0.2, 0) is 22.6 Å². The predicted molar refractivity (Wildman–Crippen MR) is 163 cm³/mol. The lowest BCUT2D eigenvalue weighted by molar-refractivity contribution is -0.137. The highest BCUT2D eigenvalue weighted by Gasteiger charge is 2.20. The molecule has 0 bridgehead atoms. The number of aromatic nitrogens is 1. The van der Waals surface area contributed by atoms with Crippen molar-refractivity contribution in [1.82, 2.24) is 4.57 Å². The molecular formula is C34H37NO7. The number of carbonyl (C=O) groups is 2. The average Bonchev–Trinajstić information content (AvgIpc) is 3.24. The minimum absolute atomic E-state index is 0.0404. The number of rotatable bonds is 16. The number of unbranched alkanes of at least 4 members (excludes halogenated alkanes) is 1.